The van der Waals surface area contributed by atoms with Gasteiger partial charge in [0.1, 0.15) is 6.61 Å². The lowest BCUT2D eigenvalue weighted by atomic mass is 10.0. The number of phosphoric acid groups is 1. The molecule has 0 radical (unpaired) electrons. The van der Waals surface area contributed by atoms with Crippen molar-refractivity contribution in [3.63, 3.8) is 0 Å². The van der Waals surface area contributed by atoms with Gasteiger partial charge in [0, 0.05) is 19.4 Å². The number of phosphoric ester groups is 1. The Labute approximate surface area is 329 Å². The zero-order valence-electron chi connectivity index (χ0n) is 34.3. The lowest BCUT2D eigenvalue weighted by molar-refractivity contribution is -0.161. The van der Waals surface area contributed by atoms with Gasteiger partial charge in [-0.1, -0.05) is 179 Å². The number of carbonyl (C=O) groups is 2. The first-order valence-electron chi connectivity index (χ1n) is 21.6. The Kier molecular flexibility index (Phi) is 38.1. The second-order valence-corrected chi connectivity index (χ2v) is 15.8. The summed E-state index contributed by atoms with van der Waals surface area (Å²) >= 11 is 0. The number of aliphatic hydroxyl groups is 1. The van der Waals surface area contributed by atoms with E-state index in [-0.39, 0.29) is 32.6 Å². The summed E-state index contributed by atoms with van der Waals surface area (Å²) in [7, 11) is -4.40. The molecule has 2 unspecified atom stereocenters. The van der Waals surface area contributed by atoms with Crippen LogP contribution in [0.25, 0.3) is 0 Å². The molecule has 0 aliphatic rings. The summed E-state index contributed by atoms with van der Waals surface area (Å²) in [4.78, 5) is 34.9. The average molecular weight is 786 g/mol. The van der Waals surface area contributed by atoms with Crippen molar-refractivity contribution >= 4 is 19.8 Å². The standard InChI is InChI=1S/C43H80NO9P/c1-3-5-7-9-11-12-13-14-15-16-17-18-19-20-22-26-31-35-43(47)53-41(39-52-54(48,49)51-37-36-44)38-50-42(46)34-30-27-23-25-29-33-40(45)32-28-24-21-10-8-6-4-2/h6,8,21,24,28,32,40-41,45H,3-5,7,9-20,22-23,25-27,29-31,33-39,44H2,1-2H3,(H,48,49)/b8-6+,24-21+,32-28+/t40?,41-/m1/s1. The molecule has 0 fully saturated rings. The van der Waals surface area contributed by atoms with Crippen molar-refractivity contribution in [2.75, 3.05) is 26.4 Å². The van der Waals surface area contributed by atoms with E-state index < -0.39 is 38.6 Å². The summed E-state index contributed by atoms with van der Waals surface area (Å²) in [5.74, 6) is -0.900. The van der Waals surface area contributed by atoms with E-state index in [0.717, 1.165) is 57.8 Å². The SMILES string of the molecule is CC/C=C/C/C=C/C=C/C(O)CCCCCCCC(=O)OC[C@H](COP(=O)(O)OCCN)OC(=O)CCCCCCCCCCCCCCCCCCC. The monoisotopic (exact) mass is 786 g/mol. The molecule has 0 heterocycles. The van der Waals surface area contributed by atoms with Gasteiger partial charge in [-0.3, -0.25) is 18.6 Å². The Morgan fingerprint density at radius 2 is 1.17 bits per heavy atom. The molecule has 10 nitrogen and oxygen atoms in total. The molecule has 316 valence electrons. The highest BCUT2D eigenvalue weighted by Crippen LogP contribution is 2.43. The Morgan fingerprint density at radius 3 is 1.70 bits per heavy atom. The molecule has 54 heavy (non-hydrogen) atoms. The molecule has 0 aromatic carbocycles. The van der Waals surface area contributed by atoms with Crippen LogP contribution in [-0.4, -0.2) is 60.5 Å². The van der Waals surface area contributed by atoms with Crippen molar-refractivity contribution in [3.05, 3.63) is 36.5 Å². The van der Waals surface area contributed by atoms with Gasteiger partial charge in [-0.15, -0.1) is 0 Å². The van der Waals surface area contributed by atoms with Gasteiger partial charge < -0.3 is 25.2 Å². The highest BCUT2D eigenvalue weighted by Gasteiger charge is 2.26. The summed E-state index contributed by atoms with van der Waals surface area (Å²) in [6.45, 7) is 3.50. The quantitative estimate of drug-likeness (QED) is 0.0180. The van der Waals surface area contributed by atoms with Crippen LogP contribution in [0.3, 0.4) is 0 Å². The Hall–Kier alpha value is -1.81. The van der Waals surface area contributed by atoms with Gasteiger partial charge in [0.25, 0.3) is 0 Å². The normalized spacial score (nSPS) is 14.2. The van der Waals surface area contributed by atoms with Crippen LogP contribution in [0.5, 0.6) is 0 Å². The first kappa shape index (κ1) is 52.2. The predicted molar refractivity (Wildman–Crippen MR) is 221 cm³/mol. The van der Waals surface area contributed by atoms with E-state index in [4.69, 9.17) is 24.3 Å². The smallest absolute Gasteiger partial charge is 0.462 e. The van der Waals surface area contributed by atoms with Crippen LogP contribution in [0.1, 0.15) is 187 Å². The van der Waals surface area contributed by atoms with E-state index in [1.165, 1.54) is 83.5 Å². The Morgan fingerprint density at radius 1 is 0.648 bits per heavy atom. The molecule has 3 atom stereocenters. The average Bonchev–Trinajstić information content (AvgIpc) is 3.15. The van der Waals surface area contributed by atoms with Gasteiger partial charge in [-0.25, -0.2) is 4.57 Å². The highest BCUT2D eigenvalue weighted by molar-refractivity contribution is 7.47. The summed E-state index contributed by atoms with van der Waals surface area (Å²) in [6.07, 6.45) is 39.1. The number of esters is 2. The topological polar surface area (TPSA) is 155 Å². The maximum Gasteiger partial charge on any atom is 0.472 e. The van der Waals surface area contributed by atoms with Crippen LogP contribution in [0.15, 0.2) is 36.5 Å². The number of ether oxygens (including phenoxy) is 2. The molecule has 0 saturated carbocycles. The van der Waals surface area contributed by atoms with E-state index in [1.54, 1.807) is 6.08 Å². The molecule has 0 aliphatic carbocycles. The van der Waals surface area contributed by atoms with E-state index >= 15 is 0 Å². The highest BCUT2D eigenvalue weighted by atomic mass is 31.2. The van der Waals surface area contributed by atoms with Crippen molar-refractivity contribution in [1.82, 2.24) is 0 Å². The second-order valence-electron chi connectivity index (χ2n) is 14.4. The molecule has 11 heteroatoms. The number of carbonyl (C=O) groups excluding carboxylic acids is 2. The van der Waals surface area contributed by atoms with Gasteiger partial charge in [-0.05, 0) is 32.1 Å². The molecule has 0 aliphatic heterocycles. The van der Waals surface area contributed by atoms with Crippen molar-refractivity contribution in [3.8, 4) is 0 Å². The van der Waals surface area contributed by atoms with Crippen LogP contribution < -0.4 is 5.73 Å². The fourth-order valence-corrected chi connectivity index (χ4v) is 6.70. The third-order valence-corrected chi connectivity index (χ3v) is 10.1. The van der Waals surface area contributed by atoms with Gasteiger partial charge in [0.05, 0.1) is 19.3 Å². The van der Waals surface area contributed by atoms with Crippen LogP contribution in [0, 0.1) is 0 Å². The summed E-state index contributed by atoms with van der Waals surface area (Å²) in [5, 5.41) is 10.1. The zero-order chi connectivity index (χ0) is 39.8. The maximum atomic E-state index is 12.6. The number of allylic oxidation sites excluding steroid dienone is 5. The second kappa shape index (κ2) is 39.4. The molecule has 0 amide bonds. The fraction of sp³-hybridized carbons (Fsp3) is 0.814. The number of nitrogens with two attached hydrogens (primary N) is 1. The summed E-state index contributed by atoms with van der Waals surface area (Å²) in [6, 6.07) is 0. The minimum absolute atomic E-state index is 0.0397. The van der Waals surface area contributed by atoms with E-state index in [0.29, 0.717) is 19.3 Å². The molecular formula is C43H80NO9P. The van der Waals surface area contributed by atoms with Crippen molar-refractivity contribution in [1.29, 1.82) is 0 Å². The van der Waals surface area contributed by atoms with Gasteiger partial charge >= 0.3 is 19.8 Å². The van der Waals surface area contributed by atoms with Gasteiger partial charge in [0.2, 0.25) is 0 Å². The van der Waals surface area contributed by atoms with E-state index in [2.05, 4.69) is 32.1 Å². The number of hydrogen-bond acceptors (Lipinski definition) is 9. The van der Waals surface area contributed by atoms with Gasteiger partial charge in [0.15, 0.2) is 6.10 Å². The molecule has 0 bridgehead atoms. The third kappa shape index (κ3) is 38.5. The number of hydrogen-bond donors (Lipinski definition) is 3. The lowest BCUT2D eigenvalue weighted by Gasteiger charge is -2.19. The lowest BCUT2D eigenvalue weighted by Crippen LogP contribution is -2.29. The number of aliphatic hydroxyl groups excluding tert-OH is 1. The number of unbranched alkanes of at least 4 members (excludes halogenated alkanes) is 20. The van der Waals surface area contributed by atoms with E-state index in [9.17, 15) is 24.2 Å². The summed E-state index contributed by atoms with van der Waals surface area (Å²) in [5.41, 5.74) is 5.34. The van der Waals surface area contributed by atoms with Crippen molar-refractivity contribution in [2.24, 2.45) is 5.73 Å². The molecular weight excluding hydrogens is 705 g/mol. The van der Waals surface area contributed by atoms with Crippen LogP contribution >= 0.6 is 7.82 Å². The van der Waals surface area contributed by atoms with Crippen LogP contribution in [0.2, 0.25) is 0 Å². The minimum atomic E-state index is -4.40. The first-order chi connectivity index (χ1) is 26.2. The van der Waals surface area contributed by atoms with Crippen molar-refractivity contribution in [2.45, 2.75) is 199 Å². The van der Waals surface area contributed by atoms with Crippen molar-refractivity contribution < 1.29 is 42.7 Å². The number of rotatable bonds is 40. The molecule has 0 saturated heterocycles. The molecule has 4 N–H and O–H groups in total. The molecule has 0 aromatic rings. The Bertz CT molecular complexity index is 1000. The van der Waals surface area contributed by atoms with Gasteiger partial charge in [-0.2, -0.15) is 0 Å². The molecule has 0 aromatic heterocycles. The van der Waals surface area contributed by atoms with Crippen LogP contribution in [-0.2, 0) is 32.7 Å². The van der Waals surface area contributed by atoms with E-state index in [1.807, 2.05) is 12.2 Å². The fourth-order valence-electron chi connectivity index (χ4n) is 5.94. The minimum Gasteiger partial charge on any atom is -0.462 e. The largest absolute Gasteiger partial charge is 0.472 e. The van der Waals surface area contributed by atoms with Crippen LogP contribution in [0.4, 0.5) is 0 Å². The first-order valence-corrected chi connectivity index (χ1v) is 23.1. The third-order valence-electron chi connectivity index (χ3n) is 9.14. The Balaban J connectivity index is 4.21. The molecule has 0 rings (SSSR count). The molecule has 0 spiro atoms. The predicted octanol–water partition coefficient (Wildman–Crippen LogP) is 11.1. The summed E-state index contributed by atoms with van der Waals surface area (Å²) < 4.78 is 32.7. The maximum absolute atomic E-state index is 12.6. The zero-order valence-corrected chi connectivity index (χ0v) is 35.2.